The fraction of sp³-hybridized carbons (Fsp3) is 0.448. The lowest BCUT2D eigenvalue weighted by Crippen LogP contribution is -2.48. The maximum atomic E-state index is 13.9. The predicted molar refractivity (Wildman–Crippen MR) is 147 cm³/mol. The maximum absolute atomic E-state index is 13.9. The van der Waals surface area contributed by atoms with Gasteiger partial charge < -0.3 is 14.4 Å². The summed E-state index contributed by atoms with van der Waals surface area (Å²) in [5, 5.41) is 2.65. The predicted octanol–water partition coefficient (Wildman–Crippen LogP) is 6.71. The van der Waals surface area contributed by atoms with Gasteiger partial charge >= 0.3 is 0 Å². The van der Waals surface area contributed by atoms with E-state index >= 15 is 0 Å². The number of nitrogens with zero attached hydrogens (tertiary/aromatic N) is 3. The number of hydrogen-bond acceptors (Lipinski definition) is 3. The van der Waals surface area contributed by atoms with Crippen LogP contribution in [0.2, 0.25) is 5.02 Å². The summed E-state index contributed by atoms with van der Waals surface area (Å²) in [4.78, 5) is 31.5. The van der Waals surface area contributed by atoms with Crippen LogP contribution < -0.4 is 0 Å². The summed E-state index contributed by atoms with van der Waals surface area (Å²) in [5.41, 5.74) is 2.13. The van der Waals surface area contributed by atoms with E-state index in [1.54, 1.807) is 4.90 Å². The minimum absolute atomic E-state index is 0.0259. The molecule has 2 aromatic heterocycles. The van der Waals surface area contributed by atoms with Gasteiger partial charge in [-0.2, -0.15) is 0 Å². The van der Waals surface area contributed by atoms with Crippen molar-refractivity contribution in [3.05, 3.63) is 81.3 Å². The van der Waals surface area contributed by atoms with Crippen molar-refractivity contribution in [1.82, 2.24) is 14.4 Å². The Morgan fingerprint density at radius 1 is 1.06 bits per heavy atom. The molecule has 192 valence electrons. The van der Waals surface area contributed by atoms with Crippen molar-refractivity contribution in [3.63, 3.8) is 0 Å². The van der Waals surface area contributed by atoms with Gasteiger partial charge in [0.15, 0.2) is 0 Å². The Labute approximate surface area is 223 Å². The molecule has 0 unspecified atom stereocenters. The summed E-state index contributed by atoms with van der Waals surface area (Å²) in [7, 11) is 0. The second kappa shape index (κ2) is 12.6. The van der Waals surface area contributed by atoms with E-state index in [1.807, 2.05) is 58.9 Å². The molecule has 0 spiro atoms. The highest BCUT2D eigenvalue weighted by Crippen LogP contribution is 2.26. The molecule has 1 aliphatic carbocycles. The highest BCUT2D eigenvalue weighted by Gasteiger charge is 2.29. The SMILES string of the molecule is CC(C)CN(CC(=O)N(Cc1cccn1Cc1ccccc1Cl)C1CCCCC1)C(=O)c1cccs1. The average Bonchev–Trinajstić information content (AvgIpc) is 3.56. The summed E-state index contributed by atoms with van der Waals surface area (Å²) in [5.74, 6) is 0.244. The molecule has 36 heavy (non-hydrogen) atoms. The number of rotatable bonds is 10. The van der Waals surface area contributed by atoms with Gasteiger partial charge in [0.25, 0.3) is 5.91 Å². The third kappa shape index (κ3) is 6.80. The summed E-state index contributed by atoms with van der Waals surface area (Å²) in [6.07, 6.45) is 7.57. The monoisotopic (exact) mass is 525 g/mol. The number of carbonyl (C=O) groups excluding carboxylic acids is 2. The fourth-order valence-electron chi connectivity index (χ4n) is 5.02. The number of carbonyl (C=O) groups is 2. The van der Waals surface area contributed by atoms with Gasteiger partial charge in [-0.3, -0.25) is 9.59 Å². The van der Waals surface area contributed by atoms with Crippen LogP contribution in [0, 0.1) is 5.92 Å². The molecule has 4 rings (SSSR count). The van der Waals surface area contributed by atoms with E-state index in [9.17, 15) is 9.59 Å². The molecule has 0 saturated heterocycles. The van der Waals surface area contributed by atoms with Crippen molar-refractivity contribution in [2.75, 3.05) is 13.1 Å². The lowest BCUT2D eigenvalue weighted by molar-refractivity contribution is -0.135. The second-order valence-corrected chi connectivity index (χ2v) is 11.4. The van der Waals surface area contributed by atoms with Gasteiger partial charge in [0.05, 0.1) is 11.4 Å². The molecule has 0 N–H and O–H groups in total. The molecule has 2 heterocycles. The molecule has 0 radical (unpaired) electrons. The largest absolute Gasteiger partial charge is 0.345 e. The Bertz CT molecular complexity index is 1140. The number of thiophene rings is 1. The first-order valence-electron chi connectivity index (χ1n) is 12.9. The molecule has 1 fully saturated rings. The van der Waals surface area contributed by atoms with Crippen LogP contribution in [-0.4, -0.2) is 45.3 Å². The van der Waals surface area contributed by atoms with E-state index in [0.29, 0.717) is 24.5 Å². The Morgan fingerprint density at radius 2 is 1.83 bits per heavy atom. The number of aromatic nitrogens is 1. The highest BCUT2D eigenvalue weighted by atomic mass is 35.5. The lowest BCUT2D eigenvalue weighted by Gasteiger charge is -2.36. The average molecular weight is 526 g/mol. The van der Waals surface area contributed by atoms with Crippen molar-refractivity contribution in [1.29, 1.82) is 0 Å². The molecule has 5 nitrogen and oxygen atoms in total. The first kappa shape index (κ1) is 26.5. The van der Waals surface area contributed by atoms with Gasteiger partial charge in [0.1, 0.15) is 6.54 Å². The minimum atomic E-state index is -0.0576. The number of hydrogen-bond donors (Lipinski definition) is 0. The maximum Gasteiger partial charge on any atom is 0.264 e. The van der Waals surface area contributed by atoms with E-state index in [4.69, 9.17) is 11.6 Å². The van der Waals surface area contributed by atoms with Gasteiger partial charge in [-0.05, 0) is 54.0 Å². The topological polar surface area (TPSA) is 45.6 Å². The van der Waals surface area contributed by atoms with E-state index < -0.39 is 0 Å². The molecule has 1 saturated carbocycles. The van der Waals surface area contributed by atoms with Gasteiger partial charge in [-0.15, -0.1) is 11.3 Å². The summed E-state index contributed by atoms with van der Waals surface area (Å²) in [6.45, 7) is 6.02. The number of halogens is 1. The van der Waals surface area contributed by atoms with Crippen molar-refractivity contribution in [2.24, 2.45) is 5.92 Å². The van der Waals surface area contributed by atoms with Crippen LogP contribution in [0.25, 0.3) is 0 Å². The zero-order valence-electron chi connectivity index (χ0n) is 21.2. The standard InChI is InChI=1S/C29H36ClN3O2S/c1-22(2)18-32(29(35)27-15-9-17-36-27)21-28(34)33(24-11-4-3-5-12-24)20-25-13-8-16-31(25)19-23-10-6-7-14-26(23)30/h6-10,13-17,22,24H,3-5,11-12,18-21H2,1-2H3. The van der Waals surface area contributed by atoms with Crippen molar-refractivity contribution < 1.29 is 9.59 Å². The highest BCUT2D eigenvalue weighted by molar-refractivity contribution is 7.12. The van der Waals surface area contributed by atoms with Crippen LogP contribution in [0.4, 0.5) is 0 Å². The zero-order valence-corrected chi connectivity index (χ0v) is 22.8. The third-order valence-electron chi connectivity index (χ3n) is 6.82. The van der Waals surface area contributed by atoms with E-state index in [1.165, 1.54) is 17.8 Å². The normalized spacial score (nSPS) is 14.2. The van der Waals surface area contributed by atoms with Crippen LogP contribution in [-0.2, 0) is 17.9 Å². The van der Waals surface area contributed by atoms with Crippen LogP contribution in [0.3, 0.4) is 0 Å². The van der Waals surface area contributed by atoms with Crippen LogP contribution in [0.5, 0.6) is 0 Å². The van der Waals surface area contributed by atoms with E-state index in [0.717, 1.165) is 42.0 Å². The summed E-state index contributed by atoms with van der Waals surface area (Å²) < 4.78 is 2.17. The fourth-order valence-corrected chi connectivity index (χ4v) is 5.90. The molecular weight excluding hydrogens is 490 g/mol. The Hall–Kier alpha value is -2.57. The molecule has 1 aliphatic rings. The van der Waals surface area contributed by atoms with E-state index in [2.05, 4.69) is 24.5 Å². The van der Waals surface area contributed by atoms with Crippen LogP contribution in [0.1, 0.15) is 66.9 Å². The molecule has 1 aromatic carbocycles. The summed E-state index contributed by atoms with van der Waals surface area (Å²) >= 11 is 7.86. The molecule has 7 heteroatoms. The minimum Gasteiger partial charge on any atom is -0.345 e. The van der Waals surface area contributed by atoms with Crippen molar-refractivity contribution in [3.8, 4) is 0 Å². The lowest BCUT2D eigenvalue weighted by atomic mass is 9.94. The second-order valence-electron chi connectivity index (χ2n) is 10.1. The number of benzene rings is 1. The molecule has 3 aromatic rings. The Balaban J connectivity index is 1.55. The molecule has 0 atom stereocenters. The first-order valence-corrected chi connectivity index (χ1v) is 14.2. The van der Waals surface area contributed by atoms with Gasteiger partial charge in [-0.1, -0.05) is 69.0 Å². The molecule has 2 amide bonds. The third-order valence-corrected chi connectivity index (χ3v) is 8.05. The molecule has 0 bridgehead atoms. The summed E-state index contributed by atoms with van der Waals surface area (Å²) in [6, 6.07) is 15.9. The Kier molecular flexibility index (Phi) is 9.27. The quantitative estimate of drug-likeness (QED) is 0.295. The molecular formula is C29H36ClN3O2S. The Morgan fingerprint density at radius 3 is 2.53 bits per heavy atom. The van der Waals surface area contributed by atoms with Gasteiger partial charge in [0, 0.05) is 36.0 Å². The van der Waals surface area contributed by atoms with E-state index in [-0.39, 0.29) is 30.3 Å². The molecule has 0 aliphatic heterocycles. The first-order chi connectivity index (χ1) is 17.4. The van der Waals surface area contributed by atoms with Crippen molar-refractivity contribution in [2.45, 2.75) is 65.1 Å². The van der Waals surface area contributed by atoms with Crippen LogP contribution >= 0.6 is 22.9 Å². The number of amides is 2. The smallest absolute Gasteiger partial charge is 0.264 e. The van der Waals surface area contributed by atoms with Gasteiger partial charge in [-0.25, -0.2) is 0 Å². The van der Waals surface area contributed by atoms with Crippen LogP contribution in [0.15, 0.2) is 60.1 Å². The van der Waals surface area contributed by atoms with Crippen molar-refractivity contribution >= 4 is 34.8 Å². The van der Waals surface area contributed by atoms with Gasteiger partial charge in [0.2, 0.25) is 5.91 Å². The zero-order chi connectivity index (χ0) is 25.5.